The summed E-state index contributed by atoms with van der Waals surface area (Å²) in [5.41, 5.74) is 1.26. The van der Waals surface area contributed by atoms with E-state index in [2.05, 4.69) is 29.2 Å². The zero-order chi connectivity index (χ0) is 11.9. The molecule has 1 heterocycles. The molecule has 1 aliphatic rings. The molecule has 1 fully saturated rings. The van der Waals surface area contributed by atoms with Crippen LogP contribution >= 0.6 is 11.8 Å². The standard InChI is InChI=1S/C14H21NOS/c1-2-16-14-6-4-3-5-13(14)10-15-9-12-7-8-17-11-12/h3-6,12,15H,2,7-11H2,1H3. The van der Waals surface area contributed by atoms with Gasteiger partial charge in [0.2, 0.25) is 0 Å². The van der Waals surface area contributed by atoms with Crippen LogP contribution in [0.15, 0.2) is 24.3 Å². The average molecular weight is 251 g/mol. The van der Waals surface area contributed by atoms with Gasteiger partial charge in [-0.05, 0) is 43.4 Å². The summed E-state index contributed by atoms with van der Waals surface area (Å²) in [6.07, 6.45) is 1.37. The highest BCUT2D eigenvalue weighted by Gasteiger charge is 2.14. The summed E-state index contributed by atoms with van der Waals surface area (Å²) in [5, 5.41) is 3.55. The normalized spacial score (nSPS) is 19.5. The molecule has 0 spiro atoms. The summed E-state index contributed by atoms with van der Waals surface area (Å²) < 4.78 is 5.62. The maximum atomic E-state index is 5.62. The molecule has 94 valence electrons. The van der Waals surface area contributed by atoms with E-state index in [9.17, 15) is 0 Å². The minimum Gasteiger partial charge on any atom is -0.494 e. The van der Waals surface area contributed by atoms with Crippen molar-refractivity contribution in [2.45, 2.75) is 19.9 Å². The molecule has 1 aromatic carbocycles. The van der Waals surface area contributed by atoms with Crippen LogP contribution in [0, 0.1) is 5.92 Å². The smallest absolute Gasteiger partial charge is 0.123 e. The van der Waals surface area contributed by atoms with Gasteiger partial charge in [0.15, 0.2) is 0 Å². The predicted molar refractivity (Wildman–Crippen MR) is 74.7 cm³/mol. The van der Waals surface area contributed by atoms with E-state index in [0.717, 1.165) is 31.4 Å². The van der Waals surface area contributed by atoms with Gasteiger partial charge in [-0.1, -0.05) is 18.2 Å². The maximum absolute atomic E-state index is 5.62. The third kappa shape index (κ3) is 3.93. The fourth-order valence-electron chi connectivity index (χ4n) is 2.10. The van der Waals surface area contributed by atoms with Gasteiger partial charge in [0, 0.05) is 12.1 Å². The summed E-state index contributed by atoms with van der Waals surface area (Å²) in [6.45, 7) is 4.81. The number of ether oxygens (including phenoxy) is 1. The van der Waals surface area contributed by atoms with E-state index in [1.54, 1.807) is 0 Å². The molecule has 1 aliphatic heterocycles. The van der Waals surface area contributed by atoms with E-state index >= 15 is 0 Å². The minimum absolute atomic E-state index is 0.732. The van der Waals surface area contributed by atoms with E-state index in [0.29, 0.717) is 0 Å². The lowest BCUT2D eigenvalue weighted by molar-refractivity contribution is 0.335. The van der Waals surface area contributed by atoms with Crippen molar-refractivity contribution in [3.63, 3.8) is 0 Å². The van der Waals surface area contributed by atoms with Crippen molar-refractivity contribution in [3.05, 3.63) is 29.8 Å². The minimum atomic E-state index is 0.732. The molecule has 1 saturated heterocycles. The Hall–Kier alpha value is -0.670. The van der Waals surface area contributed by atoms with Crippen molar-refractivity contribution in [2.24, 2.45) is 5.92 Å². The highest BCUT2D eigenvalue weighted by Crippen LogP contribution is 2.23. The van der Waals surface area contributed by atoms with Crippen molar-refractivity contribution in [1.29, 1.82) is 0 Å². The zero-order valence-electron chi connectivity index (χ0n) is 10.4. The summed E-state index contributed by atoms with van der Waals surface area (Å²) in [4.78, 5) is 0. The maximum Gasteiger partial charge on any atom is 0.123 e. The third-order valence-corrected chi connectivity index (χ3v) is 4.28. The molecule has 0 bridgehead atoms. The molecule has 0 saturated carbocycles. The summed E-state index contributed by atoms with van der Waals surface area (Å²) in [7, 11) is 0. The lowest BCUT2D eigenvalue weighted by Gasteiger charge is -2.13. The first-order chi connectivity index (χ1) is 8.40. The largest absolute Gasteiger partial charge is 0.494 e. The third-order valence-electron chi connectivity index (χ3n) is 3.04. The molecule has 0 aromatic heterocycles. The van der Waals surface area contributed by atoms with Crippen molar-refractivity contribution in [3.8, 4) is 5.75 Å². The summed E-state index contributed by atoms with van der Waals surface area (Å²) in [5.74, 6) is 4.53. The van der Waals surface area contributed by atoms with Crippen molar-refractivity contribution >= 4 is 11.8 Å². The van der Waals surface area contributed by atoms with E-state index < -0.39 is 0 Å². The van der Waals surface area contributed by atoms with Gasteiger partial charge in [-0.25, -0.2) is 0 Å². The van der Waals surface area contributed by atoms with E-state index in [4.69, 9.17) is 4.74 Å². The number of thioether (sulfide) groups is 1. The molecular formula is C14H21NOS. The number of hydrogen-bond acceptors (Lipinski definition) is 3. The molecule has 2 nitrogen and oxygen atoms in total. The Bertz CT molecular complexity index is 337. The van der Waals surface area contributed by atoms with Crippen LogP contribution < -0.4 is 10.1 Å². The molecule has 0 aliphatic carbocycles. The summed E-state index contributed by atoms with van der Waals surface area (Å²) >= 11 is 2.08. The van der Waals surface area contributed by atoms with Crippen LogP contribution in [0.2, 0.25) is 0 Å². The Labute approximate surface area is 108 Å². The van der Waals surface area contributed by atoms with Gasteiger partial charge in [-0.15, -0.1) is 0 Å². The molecule has 0 radical (unpaired) electrons. The van der Waals surface area contributed by atoms with Gasteiger partial charge in [0.1, 0.15) is 5.75 Å². The Morgan fingerprint density at radius 3 is 3.06 bits per heavy atom. The molecule has 0 amide bonds. The topological polar surface area (TPSA) is 21.3 Å². The van der Waals surface area contributed by atoms with E-state index in [1.165, 1.54) is 23.5 Å². The molecular weight excluding hydrogens is 230 g/mol. The molecule has 17 heavy (non-hydrogen) atoms. The molecule has 2 rings (SSSR count). The number of benzene rings is 1. The Morgan fingerprint density at radius 2 is 2.29 bits per heavy atom. The molecule has 3 heteroatoms. The van der Waals surface area contributed by atoms with Crippen LogP contribution in [0.25, 0.3) is 0 Å². The second-order valence-corrected chi connectivity index (χ2v) is 5.55. The molecule has 1 N–H and O–H groups in total. The van der Waals surface area contributed by atoms with Crippen LogP contribution in [0.3, 0.4) is 0 Å². The van der Waals surface area contributed by atoms with Crippen molar-refractivity contribution in [1.82, 2.24) is 5.32 Å². The predicted octanol–water partition coefficient (Wildman–Crippen LogP) is 2.93. The first kappa shape index (κ1) is 12.8. The first-order valence-corrected chi connectivity index (χ1v) is 7.54. The van der Waals surface area contributed by atoms with Gasteiger partial charge in [0.05, 0.1) is 6.61 Å². The van der Waals surface area contributed by atoms with Gasteiger partial charge in [-0.2, -0.15) is 11.8 Å². The first-order valence-electron chi connectivity index (χ1n) is 6.39. The highest BCUT2D eigenvalue weighted by atomic mass is 32.2. The lowest BCUT2D eigenvalue weighted by atomic mass is 10.1. The quantitative estimate of drug-likeness (QED) is 0.840. The molecule has 1 unspecified atom stereocenters. The Morgan fingerprint density at radius 1 is 1.41 bits per heavy atom. The van der Waals surface area contributed by atoms with Crippen LogP contribution in [0.4, 0.5) is 0 Å². The van der Waals surface area contributed by atoms with Crippen LogP contribution in [-0.2, 0) is 6.54 Å². The highest BCUT2D eigenvalue weighted by molar-refractivity contribution is 7.99. The lowest BCUT2D eigenvalue weighted by Crippen LogP contribution is -2.22. The SMILES string of the molecule is CCOc1ccccc1CNCC1CCSC1. The molecule has 1 aromatic rings. The van der Waals surface area contributed by atoms with Crippen molar-refractivity contribution < 1.29 is 4.74 Å². The van der Waals surface area contributed by atoms with E-state index in [1.807, 2.05) is 19.1 Å². The number of para-hydroxylation sites is 1. The zero-order valence-corrected chi connectivity index (χ0v) is 11.3. The average Bonchev–Trinajstić information content (AvgIpc) is 2.85. The number of rotatable bonds is 6. The fraction of sp³-hybridized carbons (Fsp3) is 0.571. The van der Waals surface area contributed by atoms with E-state index in [-0.39, 0.29) is 0 Å². The Balaban J connectivity index is 1.80. The molecule has 1 atom stereocenters. The van der Waals surface area contributed by atoms with Gasteiger partial charge < -0.3 is 10.1 Å². The van der Waals surface area contributed by atoms with Gasteiger partial charge in [-0.3, -0.25) is 0 Å². The van der Waals surface area contributed by atoms with Crippen LogP contribution in [0.1, 0.15) is 18.9 Å². The fourth-order valence-corrected chi connectivity index (χ4v) is 3.39. The Kier molecular flexibility index (Phi) is 5.20. The monoisotopic (exact) mass is 251 g/mol. The van der Waals surface area contributed by atoms with Crippen molar-refractivity contribution in [2.75, 3.05) is 24.7 Å². The second-order valence-electron chi connectivity index (χ2n) is 4.40. The second kappa shape index (κ2) is 6.92. The van der Waals surface area contributed by atoms with Crippen LogP contribution in [-0.4, -0.2) is 24.7 Å². The summed E-state index contributed by atoms with van der Waals surface area (Å²) in [6, 6.07) is 8.29. The van der Waals surface area contributed by atoms with Gasteiger partial charge in [0.25, 0.3) is 0 Å². The number of nitrogens with one attached hydrogen (secondary N) is 1. The van der Waals surface area contributed by atoms with Crippen LogP contribution in [0.5, 0.6) is 5.75 Å². The van der Waals surface area contributed by atoms with Gasteiger partial charge >= 0.3 is 0 Å². The number of hydrogen-bond donors (Lipinski definition) is 1.